The van der Waals surface area contributed by atoms with E-state index in [-0.39, 0.29) is 45.8 Å². The third-order valence-corrected chi connectivity index (χ3v) is 6.63. The molecule has 0 bridgehead atoms. The number of alkyl halides is 6. The zero-order valence-electron chi connectivity index (χ0n) is 16.8. The van der Waals surface area contributed by atoms with Gasteiger partial charge >= 0.3 is 18.3 Å². The first-order valence-electron chi connectivity index (χ1n) is 9.37. The Balaban J connectivity index is 1.82. The molecule has 0 saturated carbocycles. The number of hydrazine groups is 1. The summed E-state index contributed by atoms with van der Waals surface area (Å²) in [5, 5.41) is 11.1. The Kier molecular flexibility index (Phi) is 7.75. The number of amides is 1. The van der Waals surface area contributed by atoms with Gasteiger partial charge in [0.15, 0.2) is 4.32 Å². The van der Waals surface area contributed by atoms with E-state index in [0.717, 1.165) is 28.1 Å². The van der Waals surface area contributed by atoms with Crippen LogP contribution in [0.3, 0.4) is 0 Å². The molecule has 182 valence electrons. The van der Waals surface area contributed by atoms with Crippen molar-refractivity contribution in [1.29, 1.82) is 0 Å². The Morgan fingerprint density at radius 1 is 1.06 bits per heavy atom. The summed E-state index contributed by atoms with van der Waals surface area (Å²) in [7, 11) is 0. The lowest BCUT2D eigenvalue weighted by atomic mass is 10.0. The average Bonchev–Trinajstić information content (AvgIpc) is 3.29. The molecular formula is C20H14F6N2O3S3. The molecule has 34 heavy (non-hydrogen) atoms. The highest BCUT2D eigenvalue weighted by Crippen LogP contribution is 2.40. The molecule has 3 rings (SSSR count). The molecule has 5 nitrogen and oxygen atoms in total. The van der Waals surface area contributed by atoms with Crippen molar-refractivity contribution < 1.29 is 41.0 Å². The van der Waals surface area contributed by atoms with Crippen molar-refractivity contribution in [2.45, 2.75) is 25.2 Å². The van der Waals surface area contributed by atoms with Crippen molar-refractivity contribution in [3.05, 3.63) is 50.6 Å². The molecule has 1 aromatic heterocycles. The van der Waals surface area contributed by atoms with E-state index in [1.54, 1.807) is 0 Å². The second kappa shape index (κ2) is 10.1. The lowest BCUT2D eigenvalue weighted by Crippen LogP contribution is -2.41. The fourth-order valence-corrected chi connectivity index (χ4v) is 5.00. The number of carboxylic acid groups (broad SMARTS) is 1. The highest BCUT2D eigenvalue weighted by Gasteiger charge is 2.37. The highest BCUT2D eigenvalue weighted by molar-refractivity contribution is 8.26. The predicted octanol–water partition coefficient (Wildman–Crippen LogP) is 6.02. The van der Waals surface area contributed by atoms with Crippen molar-refractivity contribution >= 4 is 57.6 Å². The molecule has 0 aliphatic carbocycles. The van der Waals surface area contributed by atoms with Crippen LogP contribution in [0.2, 0.25) is 0 Å². The Morgan fingerprint density at radius 3 is 2.24 bits per heavy atom. The van der Waals surface area contributed by atoms with Crippen LogP contribution in [0.25, 0.3) is 17.2 Å². The number of thiocarbonyl (C=S) groups is 1. The van der Waals surface area contributed by atoms with Crippen molar-refractivity contribution in [2.24, 2.45) is 0 Å². The SMILES string of the molecule is O=C(O)CCCNN1C(=O)/C(=C/c2cc(-c3cc(C(F)(F)F)cc(C(F)(F)F)c3)cs2)SC1=S. The number of thiophene rings is 1. The monoisotopic (exact) mass is 540 g/mol. The number of hydrogen-bond acceptors (Lipinski definition) is 6. The quantitative estimate of drug-likeness (QED) is 0.194. The lowest BCUT2D eigenvalue weighted by molar-refractivity contribution is -0.143. The third kappa shape index (κ3) is 6.37. The molecule has 0 spiro atoms. The zero-order chi connectivity index (χ0) is 25.3. The lowest BCUT2D eigenvalue weighted by Gasteiger charge is -2.15. The number of halogens is 6. The number of rotatable bonds is 7. The van der Waals surface area contributed by atoms with E-state index in [2.05, 4.69) is 5.43 Å². The van der Waals surface area contributed by atoms with E-state index < -0.39 is 35.4 Å². The summed E-state index contributed by atoms with van der Waals surface area (Å²) in [5.74, 6) is -1.48. The van der Waals surface area contributed by atoms with Gasteiger partial charge in [-0.1, -0.05) is 24.0 Å². The largest absolute Gasteiger partial charge is 0.481 e. The Hall–Kier alpha value is -2.42. The molecule has 2 aromatic rings. The number of thioether (sulfide) groups is 1. The fourth-order valence-electron chi connectivity index (χ4n) is 2.87. The van der Waals surface area contributed by atoms with Crippen LogP contribution in [-0.4, -0.2) is 32.9 Å². The normalized spacial score (nSPS) is 16.1. The third-order valence-electron chi connectivity index (χ3n) is 4.45. The maximum atomic E-state index is 13.1. The summed E-state index contributed by atoms with van der Waals surface area (Å²) in [6.07, 6.45) is -8.32. The topological polar surface area (TPSA) is 69.6 Å². The highest BCUT2D eigenvalue weighted by atomic mass is 32.2. The van der Waals surface area contributed by atoms with Crippen LogP contribution in [0, 0.1) is 0 Å². The minimum Gasteiger partial charge on any atom is -0.481 e. The van der Waals surface area contributed by atoms with Crippen LogP contribution in [0.5, 0.6) is 0 Å². The van der Waals surface area contributed by atoms with Crippen molar-refractivity contribution in [3.63, 3.8) is 0 Å². The molecule has 1 aromatic carbocycles. The number of hydrogen-bond donors (Lipinski definition) is 2. The Morgan fingerprint density at radius 2 is 1.68 bits per heavy atom. The molecule has 1 saturated heterocycles. The minimum absolute atomic E-state index is 0.0611. The summed E-state index contributed by atoms with van der Waals surface area (Å²) in [4.78, 5) is 23.7. The van der Waals surface area contributed by atoms with E-state index in [1.165, 1.54) is 17.5 Å². The van der Waals surface area contributed by atoms with Crippen LogP contribution in [-0.2, 0) is 21.9 Å². The predicted molar refractivity (Wildman–Crippen MR) is 120 cm³/mol. The van der Waals surface area contributed by atoms with Crippen molar-refractivity contribution in [1.82, 2.24) is 10.4 Å². The molecule has 2 N–H and O–H groups in total. The molecule has 1 fully saturated rings. The van der Waals surface area contributed by atoms with E-state index in [1.807, 2.05) is 0 Å². The first-order valence-corrected chi connectivity index (χ1v) is 11.5. The molecule has 0 unspecified atom stereocenters. The summed E-state index contributed by atoms with van der Waals surface area (Å²) < 4.78 is 78.9. The Labute approximate surface area is 202 Å². The van der Waals surface area contributed by atoms with Gasteiger partial charge in [0.1, 0.15) is 0 Å². The van der Waals surface area contributed by atoms with Crippen LogP contribution in [0.15, 0.2) is 34.6 Å². The summed E-state index contributed by atoms with van der Waals surface area (Å²) in [6, 6.07) is 2.72. The van der Waals surface area contributed by atoms with Crippen LogP contribution < -0.4 is 5.43 Å². The van der Waals surface area contributed by atoms with Gasteiger partial charge in [-0.3, -0.25) is 9.59 Å². The number of nitrogens with zero attached hydrogens (tertiary/aromatic N) is 1. The second-order valence-electron chi connectivity index (χ2n) is 6.95. The Bertz CT molecular complexity index is 1120. The molecule has 14 heteroatoms. The van der Waals surface area contributed by atoms with Gasteiger partial charge in [0.05, 0.1) is 16.0 Å². The molecule has 1 aliphatic heterocycles. The number of carboxylic acids is 1. The van der Waals surface area contributed by atoms with Crippen LogP contribution in [0.1, 0.15) is 28.8 Å². The molecule has 1 amide bonds. The first-order chi connectivity index (χ1) is 15.8. The molecule has 0 radical (unpaired) electrons. The van der Waals surface area contributed by atoms with Gasteiger partial charge in [-0.2, -0.15) is 26.3 Å². The summed E-state index contributed by atoms with van der Waals surface area (Å²) in [6.45, 7) is 0.187. The number of carbonyl (C=O) groups excluding carboxylic acids is 1. The number of benzene rings is 1. The maximum Gasteiger partial charge on any atom is 0.416 e. The van der Waals surface area contributed by atoms with E-state index >= 15 is 0 Å². The van der Waals surface area contributed by atoms with E-state index in [9.17, 15) is 35.9 Å². The maximum absolute atomic E-state index is 13.1. The van der Waals surface area contributed by atoms with Crippen LogP contribution in [0.4, 0.5) is 26.3 Å². The number of aliphatic carboxylic acids is 1. The van der Waals surface area contributed by atoms with Gasteiger partial charge in [0.2, 0.25) is 0 Å². The molecular weight excluding hydrogens is 526 g/mol. The smallest absolute Gasteiger partial charge is 0.416 e. The van der Waals surface area contributed by atoms with Crippen molar-refractivity contribution in [3.8, 4) is 11.1 Å². The van der Waals surface area contributed by atoms with E-state index in [4.69, 9.17) is 17.3 Å². The molecule has 2 heterocycles. The summed E-state index contributed by atoms with van der Waals surface area (Å²) in [5.41, 5.74) is -0.226. The zero-order valence-corrected chi connectivity index (χ0v) is 19.2. The molecule has 0 atom stereocenters. The van der Waals surface area contributed by atoms with Gasteiger partial charge in [-0.15, -0.1) is 11.3 Å². The van der Waals surface area contributed by atoms with E-state index in [0.29, 0.717) is 17.0 Å². The first kappa shape index (κ1) is 26.2. The minimum atomic E-state index is -4.96. The molecule has 1 aliphatic rings. The van der Waals surface area contributed by atoms with Crippen molar-refractivity contribution in [2.75, 3.05) is 6.54 Å². The standard InChI is InChI=1S/C20H14F6N2O3S3/c21-19(22,23)12-4-10(5-13(7-12)20(24,25)26)11-6-14(33-9-11)8-15-17(31)28(18(32)34-15)27-3-1-2-16(29)30/h4-9,27H,1-3H2,(H,29,30)/b15-8-. The average molecular weight is 541 g/mol. The fraction of sp³-hybridized carbons (Fsp3) is 0.250. The van der Waals surface area contributed by atoms with Gasteiger partial charge in [0, 0.05) is 17.8 Å². The summed E-state index contributed by atoms with van der Waals surface area (Å²) >= 11 is 7.12. The van der Waals surface area contributed by atoms with Gasteiger partial charge in [-0.05, 0) is 53.3 Å². The number of carbonyl (C=O) groups is 2. The number of nitrogens with one attached hydrogen (secondary N) is 1. The van der Waals surface area contributed by atoms with Crippen LogP contribution >= 0.6 is 35.3 Å². The van der Waals surface area contributed by atoms with Gasteiger partial charge in [-0.25, -0.2) is 10.4 Å². The second-order valence-corrected chi connectivity index (χ2v) is 9.57. The van der Waals surface area contributed by atoms with Gasteiger partial charge < -0.3 is 5.11 Å². The van der Waals surface area contributed by atoms with Gasteiger partial charge in [0.25, 0.3) is 5.91 Å².